The van der Waals surface area contributed by atoms with Crippen molar-refractivity contribution in [2.75, 3.05) is 26.1 Å². The summed E-state index contributed by atoms with van der Waals surface area (Å²) in [7, 11) is 3.07. The molecule has 1 saturated carbocycles. The van der Waals surface area contributed by atoms with Crippen LogP contribution in [0.5, 0.6) is 11.5 Å². The number of benzene rings is 1. The Balaban J connectivity index is 0.00000288. The largest absolute Gasteiger partial charge is 0.495 e. The van der Waals surface area contributed by atoms with Gasteiger partial charge in [0.15, 0.2) is 0 Å². The van der Waals surface area contributed by atoms with E-state index in [1.165, 1.54) is 20.6 Å². The average Bonchev–Trinajstić information content (AvgIpc) is 2.56. The summed E-state index contributed by atoms with van der Waals surface area (Å²) in [5, 5.41) is 3.35. The minimum absolute atomic E-state index is 0. The highest BCUT2D eigenvalue weighted by Crippen LogP contribution is 2.40. The number of amides is 1. The van der Waals surface area contributed by atoms with Crippen molar-refractivity contribution >= 4 is 35.6 Å². The molecular weight excluding hydrogens is 351 g/mol. The van der Waals surface area contributed by atoms with Gasteiger partial charge in [-0.05, 0) is 24.8 Å². The Morgan fingerprint density at radius 2 is 1.83 bits per heavy atom. The van der Waals surface area contributed by atoms with Gasteiger partial charge in [-0.15, -0.1) is 12.4 Å². The van der Waals surface area contributed by atoms with Gasteiger partial charge in [-0.3, -0.25) is 4.79 Å². The number of halogens is 2. The molecule has 1 aliphatic rings. The van der Waals surface area contributed by atoms with E-state index in [4.69, 9.17) is 26.8 Å². The third-order valence-electron chi connectivity index (χ3n) is 4.63. The maximum absolute atomic E-state index is 12.5. The van der Waals surface area contributed by atoms with Crippen LogP contribution in [0.4, 0.5) is 5.69 Å². The van der Waals surface area contributed by atoms with E-state index in [0.717, 1.165) is 25.7 Å². The zero-order valence-corrected chi connectivity index (χ0v) is 15.8. The lowest BCUT2D eigenvalue weighted by Crippen LogP contribution is -2.36. The number of hydrogen-bond donors (Lipinski definition) is 2. The van der Waals surface area contributed by atoms with Crippen LogP contribution in [0.15, 0.2) is 12.1 Å². The van der Waals surface area contributed by atoms with Gasteiger partial charge < -0.3 is 20.5 Å². The summed E-state index contributed by atoms with van der Waals surface area (Å²) in [4.78, 5) is 12.5. The van der Waals surface area contributed by atoms with Gasteiger partial charge in [0.2, 0.25) is 5.91 Å². The highest BCUT2D eigenvalue weighted by Gasteiger charge is 2.33. The second-order valence-electron chi connectivity index (χ2n) is 6.18. The third-order valence-corrected chi connectivity index (χ3v) is 4.93. The predicted octanol–water partition coefficient (Wildman–Crippen LogP) is 4.02. The molecule has 0 unspecified atom stereocenters. The van der Waals surface area contributed by atoms with E-state index in [-0.39, 0.29) is 23.7 Å². The van der Waals surface area contributed by atoms with E-state index in [0.29, 0.717) is 35.2 Å². The number of carbonyl (C=O) groups is 1. The Hall–Kier alpha value is -1.17. The first-order valence-electron chi connectivity index (χ1n) is 7.95. The number of hydrogen-bond acceptors (Lipinski definition) is 4. The minimum Gasteiger partial charge on any atom is -0.495 e. The van der Waals surface area contributed by atoms with Gasteiger partial charge >= 0.3 is 0 Å². The molecule has 136 valence electrons. The Kier molecular flexibility index (Phi) is 8.13. The van der Waals surface area contributed by atoms with Crippen LogP contribution in [0.1, 0.15) is 38.5 Å². The van der Waals surface area contributed by atoms with Gasteiger partial charge in [-0.1, -0.05) is 30.9 Å². The van der Waals surface area contributed by atoms with Crippen molar-refractivity contribution in [2.45, 2.75) is 38.5 Å². The minimum atomic E-state index is -0.0773. The first kappa shape index (κ1) is 20.9. The second-order valence-corrected chi connectivity index (χ2v) is 6.58. The highest BCUT2D eigenvalue weighted by atomic mass is 35.5. The molecule has 0 spiro atoms. The Labute approximate surface area is 154 Å². The average molecular weight is 377 g/mol. The number of nitrogens with two attached hydrogens (primary N) is 1. The molecule has 0 saturated heterocycles. The molecule has 3 N–H and O–H groups in total. The molecular formula is C17H26Cl2N2O3. The maximum Gasteiger partial charge on any atom is 0.225 e. The Morgan fingerprint density at radius 3 is 2.38 bits per heavy atom. The molecule has 24 heavy (non-hydrogen) atoms. The van der Waals surface area contributed by atoms with Crippen LogP contribution in [0, 0.1) is 5.41 Å². The van der Waals surface area contributed by atoms with Crippen molar-refractivity contribution in [2.24, 2.45) is 11.1 Å². The van der Waals surface area contributed by atoms with Crippen molar-refractivity contribution in [3.8, 4) is 11.5 Å². The molecule has 0 radical (unpaired) electrons. The van der Waals surface area contributed by atoms with Gasteiger partial charge in [-0.25, -0.2) is 0 Å². The summed E-state index contributed by atoms with van der Waals surface area (Å²) >= 11 is 6.08. The number of rotatable bonds is 6. The quantitative estimate of drug-likeness (QED) is 0.786. The summed E-state index contributed by atoms with van der Waals surface area (Å²) in [6.07, 6.45) is 5.96. The van der Waals surface area contributed by atoms with E-state index in [9.17, 15) is 4.79 Å². The zero-order valence-electron chi connectivity index (χ0n) is 14.2. The van der Waals surface area contributed by atoms with Crippen LogP contribution in [-0.4, -0.2) is 26.7 Å². The molecule has 1 aliphatic carbocycles. The van der Waals surface area contributed by atoms with E-state index in [2.05, 4.69) is 5.32 Å². The fraction of sp³-hybridized carbons (Fsp3) is 0.588. The van der Waals surface area contributed by atoms with Crippen molar-refractivity contribution in [3.63, 3.8) is 0 Å². The number of carbonyl (C=O) groups excluding carboxylic acids is 1. The summed E-state index contributed by atoms with van der Waals surface area (Å²) in [6.45, 7) is 0.543. The lowest BCUT2D eigenvalue weighted by Gasteiger charge is -2.35. The molecule has 1 amide bonds. The Morgan fingerprint density at radius 1 is 1.21 bits per heavy atom. The molecule has 5 nitrogen and oxygen atoms in total. The van der Waals surface area contributed by atoms with E-state index >= 15 is 0 Å². The van der Waals surface area contributed by atoms with Crippen LogP contribution in [0.25, 0.3) is 0 Å². The molecule has 1 fully saturated rings. The van der Waals surface area contributed by atoms with E-state index in [1.807, 2.05) is 0 Å². The molecule has 0 aromatic heterocycles. The molecule has 0 heterocycles. The zero-order chi connectivity index (χ0) is 16.9. The smallest absolute Gasteiger partial charge is 0.225 e. The third kappa shape index (κ3) is 4.91. The molecule has 7 heteroatoms. The molecule has 0 aliphatic heterocycles. The fourth-order valence-electron chi connectivity index (χ4n) is 3.25. The van der Waals surface area contributed by atoms with Crippen molar-refractivity contribution in [1.29, 1.82) is 0 Å². The SMILES string of the molecule is COc1cc(NC(=O)CC2(CN)CCCCC2)c(OC)cc1Cl.Cl. The number of methoxy groups -OCH3 is 2. The van der Waals surface area contributed by atoms with Crippen LogP contribution in [-0.2, 0) is 4.79 Å². The summed E-state index contributed by atoms with van der Waals surface area (Å²) in [5.41, 5.74) is 6.44. The summed E-state index contributed by atoms with van der Waals surface area (Å²) in [6, 6.07) is 3.31. The first-order valence-corrected chi connectivity index (χ1v) is 8.33. The van der Waals surface area contributed by atoms with Gasteiger partial charge in [-0.2, -0.15) is 0 Å². The standard InChI is InChI=1S/C17H25ClN2O3.ClH/c1-22-14-9-13(15(23-2)8-12(14)18)20-16(21)10-17(11-19)6-4-3-5-7-17;/h8-9H,3-7,10-11,19H2,1-2H3,(H,20,21);1H. The lowest BCUT2D eigenvalue weighted by atomic mass is 9.71. The number of ether oxygens (including phenoxy) is 2. The second kappa shape index (κ2) is 9.35. The van der Waals surface area contributed by atoms with Crippen molar-refractivity contribution < 1.29 is 14.3 Å². The van der Waals surface area contributed by atoms with Crippen LogP contribution < -0.4 is 20.5 Å². The molecule has 1 aromatic carbocycles. The van der Waals surface area contributed by atoms with E-state index in [1.54, 1.807) is 12.1 Å². The maximum atomic E-state index is 12.5. The monoisotopic (exact) mass is 376 g/mol. The number of nitrogens with one attached hydrogen (secondary N) is 1. The molecule has 0 bridgehead atoms. The topological polar surface area (TPSA) is 73.6 Å². The first-order chi connectivity index (χ1) is 11.0. The van der Waals surface area contributed by atoms with Gasteiger partial charge in [0.1, 0.15) is 11.5 Å². The van der Waals surface area contributed by atoms with Crippen molar-refractivity contribution in [3.05, 3.63) is 17.2 Å². The highest BCUT2D eigenvalue weighted by molar-refractivity contribution is 6.32. The molecule has 1 aromatic rings. The number of anilines is 1. The summed E-state index contributed by atoms with van der Waals surface area (Å²) < 4.78 is 10.5. The van der Waals surface area contributed by atoms with Gasteiger partial charge in [0, 0.05) is 18.6 Å². The van der Waals surface area contributed by atoms with E-state index < -0.39 is 0 Å². The van der Waals surface area contributed by atoms with Gasteiger partial charge in [0.25, 0.3) is 0 Å². The van der Waals surface area contributed by atoms with Crippen LogP contribution in [0.3, 0.4) is 0 Å². The normalized spacial score (nSPS) is 16.0. The fourth-order valence-corrected chi connectivity index (χ4v) is 3.48. The van der Waals surface area contributed by atoms with Crippen LogP contribution >= 0.6 is 24.0 Å². The van der Waals surface area contributed by atoms with Gasteiger partial charge in [0.05, 0.1) is 24.9 Å². The lowest BCUT2D eigenvalue weighted by molar-refractivity contribution is -0.118. The predicted molar refractivity (Wildman–Crippen MR) is 99.6 cm³/mol. The summed E-state index contributed by atoms with van der Waals surface area (Å²) in [5.74, 6) is 0.948. The molecule has 0 atom stereocenters. The Bertz CT molecular complexity index is 561. The van der Waals surface area contributed by atoms with Crippen molar-refractivity contribution in [1.82, 2.24) is 0 Å². The van der Waals surface area contributed by atoms with Crippen LogP contribution in [0.2, 0.25) is 5.02 Å². The molecule has 2 rings (SSSR count).